The van der Waals surface area contributed by atoms with Gasteiger partial charge in [0.05, 0.1) is 6.54 Å². The van der Waals surface area contributed by atoms with Gasteiger partial charge in [0.1, 0.15) is 0 Å². The molecule has 1 aromatic carbocycles. The molecule has 0 atom stereocenters. The van der Waals surface area contributed by atoms with Gasteiger partial charge < -0.3 is 0 Å². The molecule has 4 heteroatoms. The van der Waals surface area contributed by atoms with Gasteiger partial charge in [-0.15, -0.1) is 0 Å². The molecule has 0 aliphatic heterocycles. The first-order chi connectivity index (χ1) is 9.31. The van der Waals surface area contributed by atoms with Crippen molar-refractivity contribution in [1.82, 2.24) is 4.57 Å². The normalized spacial score (nSPS) is 10.8. The van der Waals surface area contributed by atoms with Gasteiger partial charge >= 0.3 is 4.87 Å². The maximum absolute atomic E-state index is 12.5. The third-order valence-electron chi connectivity index (χ3n) is 3.63. The van der Waals surface area contributed by atoms with Crippen LogP contribution in [0.4, 0.5) is 0 Å². The van der Waals surface area contributed by atoms with Crippen LogP contribution in [0.3, 0.4) is 0 Å². The van der Waals surface area contributed by atoms with Crippen LogP contribution in [0.2, 0.25) is 0 Å². The average molecular weight is 289 g/mol. The summed E-state index contributed by atoms with van der Waals surface area (Å²) in [7, 11) is 0. The number of carbonyl (C=O) groups is 1. The highest BCUT2D eigenvalue weighted by Crippen LogP contribution is 2.18. The molecule has 0 aliphatic carbocycles. The third-order valence-corrected chi connectivity index (χ3v) is 4.63. The number of hydrogen-bond acceptors (Lipinski definition) is 3. The number of thiazole rings is 1. The third kappa shape index (κ3) is 2.61. The molecule has 0 saturated heterocycles. The van der Waals surface area contributed by atoms with Crippen LogP contribution in [0.1, 0.15) is 37.6 Å². The molecule has 0 unspecified atom stereocenters. The van der Waals surface area contributed by atoms with Gasteiger partial charge in [0.15, 0.2) is 5.78 Å². The van der Waals surface area contributed by atoms with Crippen molar-refractivity contribution in [2.45, 2.75) is 41.2 Å². The van der Waals surface area contributed by atoms with E-state index in [1.54, 1.807) is 4.57 Å². The zero-order valence-electron chi connectivity index (χ0n) is 12.5. The smallest absolute Gasteiger partial charge is 0.295 e. The number of benzene rings is 1. The molecule has 0 N–H and O–H groups in total. The summed E-state index contributed by atoms with van der Waals surface area (Å²) < 4.78 is 1.57. The minimum Gasteiger partial charge on any atom is -0.295 e. The first kappa shape index (κ1) is 14.7. The van der Waals surface area contributed by atoms with E-state index in [9.17, 15) is 9.59 Å². The van der Waals surface area contributed by atoms with Crippen LogP contribution < -0.4 is 4.87 Å². The SMILES string of the molecule is Cc1cc(C)c(C(=O)Cn2c(C)c(C)sc2=O)c(C)c1. The minimum absolute atomic E-state index is 0.00278. The minimum atomic E-state index is -0.0595. The second-order valence-corrected chi connectivity index (χ2v) is 6.46. The zero-order chi connectivity index (χ0) is 15.0. The number of ketones is 1. The van der Waals surface area contributed by atoms with E-state index >= 15 is 0 Å². The Kier molecular flexibility index (Phi) is 3.95. The zero-order valence-corrected chi connectivity index (χ0v) is 13.4. The van der Waals surface area contributed by atoms with Crippen LogP contribution in [-0.4, -0.2) is 10.4 Å². The second kappa shape index (κ2) is 5.37. The summed E-state index contributed by atoms with van der Waals surface area (Å²) >= 11 is 1.20. The second-order valence-electron chi connectivity index (χ2n) is 5.29. The van der Waals surface area contributed by atoms with Crippen LogP contribution in [0.15, 0.2) is 16.9 Å². The number of carbonyl (C=O) groups excluding carboxylic acids is 1. The van der Waals surface area contributed by atoms with Gasteiger partial charge in [0, 0.05) is 16.1 Å². The molecule has 2 rings (SSSR count). The number of aromatic nitrogens is 1. The van der Waals surface area contributed by atoms with E-state index in [2.05, 4.69) is 0 Å². The monoisotopic (exact) mass is 289 g/mol. The van der Waals surface area contributed by atoms with Gasteiger partial charge in [-0.05, 0) is 45.7 Å². The summed E-state index contributed by atoms with van der Waals surface area (Å²) in [4.78, 5) is 25.3. The van der Waals surface area contributed by atoms with Gasteiger partial charge in [-0.1, -0.05) is 29.0 Å². The number of hydrogen-bond donors (Lipinski definition) is 0. The lowest BCUT2D eigenvalue weighted by molar-refractivity contribution is 0.0969. The van der Waals surface area contributed by atoms with Gasteiger partial charge in [-0.25, -0.2) is 0 Å². The molecule has 106 valence electrons. The molecule has 1 heterocycles. The van der Waals surface area contributed by atoms with Crippen LogP contribution in [0.5, 0.6) is 0 Å². The van der Waals surface area contributed by atoms with Gasteiger partial charge in [-0.2, -0.15) is 0 Å². The van der Waals surface area contributed by atoms with E-state index in [0.29, 0.717) is 0 Å². The molecule has 0 amide bonds. The molecule has 0 aliphatic rings. The highest BCUT2D eigenvalue weighted by Gasteiger charge is 2.16. The van der Waals surface area contributed by atoms with Crippen molar-refractivity contribution < 1.29 is 4.79 Å². The lowest BCUT2D eigenvalue weighted by Crippen LogP contribution is -2.21. The highest BCUT2D eigenvalue weighted by molar-refractivity contribution is 7.09. The molecule has 3 nitrogen and oxygen atoms in total. The van der Waals surface area contributed by atoms with Gasteiger partial charge in [0.2, 0.25) is 0 Å². The highest BCUT2D eigenvalue weighted by atomic mass is 32.1. The summed E-state index contributed by atoms with van der Waals surface area (Å²) in [5, 5.41) is 0. The van der Waals surface area contributed by atoms with E-state index in [-0.39, 0.29) is 17.2 Å². The van der Waals surface area contributed by atoms with E-state index in [1.807, 2.05) is 46.8 Å². The van der Waals surface area contributed by atoms with Crippen molar-refractivity contribution in [3.8, 4) is 0 Å². The fraction of sp³-hybridized carbons (Fsp3) is 0.375. The van der Waals surface area contributed by atoms with Crippen LogP contribution in [0.25, 0.3) is 0 Å². The Morgan fingerprint density at radius 3 is 2.10 bits per heavy atom. The van der Waals surface area contributed by atoms with Crippen molar-refractivity contribution >= 4 is 17.1 Å². The van der Waals surface area contributed by atoms with Gasteiger partial charge in [-0.3, -0.25) is 14.2 Å². The first-order valence-electron chi connectivity index (χ1n) is 6.59. The quantitative estimate of drug-likeness (QED) is 0.813. The molecular weight excluding hydrogens is 270 g/mol. The fourth-order valence-electron chi connectivity index (χ4n) is 2.61. The summed E-state index contributed by atoms with van der Waals surface area (Å²) in [6.45, 7) is 9.83. The van der Waals surface area contributed by atoms with Gasteiger partial charge in [0.25, 0.3) is 0 Å². The Bertz CT molecular complexity index is 714. The number of rotatable bonds is 3. The molecular formula is C16H19NO2S. The van der Waals surface area contributed by atoms with Crippen molar-refractivity contribution in [3.05, 3.63) is 54.6 Å². The molecule has 0 bridgehead atoms. The summed E-state index contributed by atoms with van der Waals surface area (Å²) in [6, 6.07) is 4.02. The number of aryl methyl sites for hydroxylation is 4. The lowest BCUT2D eigenvalue weighted by Gasteiger charge is -2.11. The Morgan fingerprint density at radius 1 is 1.10 bits per heavy atom. The molecule has 20 heavy (non-hydrogen) atoms. The summed E-state index contributed by atoms with van der Waals surface area (Å²) in [5.74, 6) is 0.00278. The molecule has 1 aromatic heterocycles. The van der Waals surface area contributed by atoms with Crippen molar-refractivity contribution in [2.24, 2.45) is 0 Å². The summed E-state index contributed by atoms with van der Waals surface area (Å²) in [6.07, 6.45) is 0. The molecule has 0 fully saturated rings. The van der Waals surface area contributed by atoms with E-state index in [4.69, 9.17) is 0 Å². The van der Waals surface area contributed by atoms with Crippen molar-refractivity contribution in [2.75, 3.05) is 0 Å². The Labute approximate surface area is 122 Å². The predicted molar refractivity (Wildman–Crippen MR) is 83.0 cm³/mol. The largest absolute Gasteiger partial charge is 0.307 e. The van der Waals surface area contributed by atoms with Crippen LogP contribution in [-0.2, 0) is 6.54 Å². The lowest BCUT2D eigenvalue weighted by atomic mass is 9.96. The number of nitrogens with zero attached hydrogens (tertiary/aromatic N) is 1. The Balaban J connectivity index is 2.41. The standard InChI is InChI=1S/C16H19NO2S/c1-9-6-10(2)15(11(3)7-9)14(18)8-17-12(4)13(5)20-16(17)19/h6-7H,8H2,1-5H3. The first-order valence-corrected chi connectivity index (χ1v) is 7.40. The van der Waals surface area contributed by atoms with Crippen LogP contribution >= 0.6 is 11.3 Å². The molecule has 0 radical (unpaired) electrons. The topological polar surface area (TPSA) is 39.1 Å². The van der Waals surface area contributed by atoms with E-state index in [0.717, 1.165) is 32.8 Å². The van der Waals surface area contributed by atoms with E-state index < -0.39 is 0 Å². The average Bonchev–Trinajstić information content (AvgIpc) is 2.54. The fourth-order valence-corrected chi connectivity index (χ4v) is 3.44. The molecule has 2 aromatic rings. The maximum atomic E-state index is 12.5. The van der Waals surface area contributed by atoms with E-state index in [1.165, 1.54) is 11.3 Å². The Morgan fingerprint density at radius 2 is 1.65 bits per heavy atom. The summed E-state index contributed by atoms with van der Waals surface area (Å²) in [5.41, 5.74) is 4.73. The molecule has 0 saturated carbocycles. The van der Waals surface area contributed by atoms with Crippen LogP contribution in [0, 0.1) is 34.6 Å². The number of Topliss-reactive ketones (excluding diaryl/α,β-unsaturated/α-hetero) is 1. The Hall–Kier alpha value is -1.68. The van der Waals surface area contributed by atoms with Crippen molar-refractivity contribution in [1.29, 1.82) is 0 Å². The predicted octanol–water partition coefficient (Wildman–Crippen LogP) is 3.33. The molecule has 0 spiro atoms. The maximum Gasteiger partial charge on any atom is 0.307 e. The van der Waals surface area contributed by atoms with Crippen molar-refractivity contribution in [3.63, 3.8) is 0 Å².